The summed E-state index contributed by atoms with van der Waals surface area (Å²) in [5.41, 5.74) is 3.86. The summed E-state index contributed by atoms with van der Waals surface area (Å²) in [6, 6.07) is 14.6. The van der Waals surface area contributed by atoms with Crippen LogP contribution in [0.5, 0.6) is 0 Å². The van der Waals surface area contributed by atoms with E-state index in [1.165, 1.54) is 0 Å². The maximum Gasteiger partial charge on any atom is 0.261 e. The lowest BCUT2D eigenvalue weighted by Crippen LogP contribution is -2.39. The molecule has 1 saturated heterocycles. The summed E-state index contributed by atoms with van der Waals surface area (Å²) >= 11 is 0. The average molecular weight is 444 g/mol. The SMILES string of the molecule is C[C@H](c1cccc(C(=O)NCC2COC2)c1)n1cnc2cc(-c3ccnn3C)ccc2c1=O. The standard InChI is InChI=1S/C25H25N5O3/c1-16(18-4-3-5-20(10-18)24(31)26-12-17-13-33-14-17)30-15-27-22-11-19(6-7-21(22)25(30)32)23-8-9-28-29(23)2/h3-11,15-17H,12-14H2,1-2H3,(H,26,31)/t16-/m1/s1. The van der Waals surface area contributed by atoms with Crippen LogP contribution in [0.25, 0.3) is 22.2 Å². The molecule has 1 aliphatic rings. The molecule has 5 rings (SSSR count). The van der Waals surface area contributed by atoms with E-state index in [-0.39, 0.29) is 17.5 Å². The van der Waals surface area contributed by atoms with Gasteiger partial charge in [0.1, 0.15) is 0 Å². The van der Waals surface area contributed by atoms with E-state index in [1.807, 2.05) is 56.4 Å². The fourth-order valence-electron chi connectivity index (χ4n) is 4.07. The first-order valence-corrected chi connectivity index (χ1v) is 11.0. The van der Waals surface area contributed by atoms with E-state index in [2.05, 4.69) is 15.4 Å². The van der Waals surface area contributed by atoms with Gasteiger partial charge in [0, 0.05) is 36.8 Å². The van der Waals surface area contributed by atoms with E-state index in [0.717, 1.165) is 16.8 Å². The van der Waals surface area contributed by atoms with Gasteiger partial charge >= 0.3 is 0 Å². The molecule has 0 spiro atoms. The third kappa shape index (κ3) is 4.05. The molecule has 1 fully saturated rings. The van der Waals surface area contributed by atoms with Gasteiger partial charge < -0.3 is 10.1 Å². The highest BCUT2D eigenvalue weighted by Gasteiger charge is 2.20. The molecule has 3 heterocycles. The molecule has 8 heteroatoms. The molecule has 1 atom stereocenters. The number of nitrogens with zero attached hydrogens (tertiary/aromatic N) is 4. The number of carbonyl (C=O) groups excluding carboxylic acids is 1. The van der Waals surface area contributed by atoms with E-state index in [1.54, 1.807) is 27.8 Å². The van der Waals surface area contributed by atoms with Crippen molar-refractivity contribution in [2.24, 2.45) is 13.0 Å². The van der Waals surface area contributed by atoms with Crippen LogP contribution in [0.4, 0.5) is 0 Å². The molecule has 2 aromatic heterocycles. The molecular weight excluding hydrogens is 418 g/mol. The zero-order valence-electron chi connectivity index (χ0n) is 18.6. The maximum absolute atomic E-state index is 13.3. The fourth-order valence-corrected chi connectivity index (χ4v) is 4.07. The summed E-state index contributed by atoms with van der Waals surface area (Å²) < 4.78 is 8.54. The predicted octanol–water partition coefficient (Wildman–Crippen LogP) is 2.78. The van der Waals surface area contributed by atoms with Crippen molar-refractivity contribution in [3.8, 4) is 11.3 Å². The zero-order valence-corrected chi connectivity index (χ0v) is 18.6. The lowest BCUT2D eigenvalue weighted by molar-refractivity contribution is -0.0298. The van der Waals surface area contributed by atoms with E-state index >= 15 is 0 Å². The van der Waals surface area contributed by atoms with Crippen LogP contribution in [0.3, 0.4) is 0 Å². The average Bonchev–Trinajstić information content (AvgIpc) is 3.23. The van der Waals surface area contributed by atoms with Crippen molar-refractivity contribution in [3.63, 3.8) is 0 Å². The minimum absolute atomic E-state index is 0.121. The molecule has 33 heavy (non-hydrogen) atoms. The van der Waals surface area contributed by atoms with Gasteiger partial charge in [-0.1, -0.05) is 18.2 Å². The second kappa shape index (κ2) is 8.63. The molecule has 8 nitrogen and oxygen atoms in total. The Bertz CT molecular complexity index is 1390. The number of amides is 1. The van der Waals surface area contributed by atoms with Gasteiger partial charge in [-0.15, -0.1) is 0 Å². The first kappa shape index (κ1) is 21.1. The topological polar surface area (TPSA) is 91.0 Å². The zero-order chi connectivity index (χ0) is 22.9. The number of aromatic nitrogens is 4. The van der Waals surface area contributed by atoms with Crippen LogP contribution in [0.1, 0.15) is 28.9 Å². The highest BCUT2D eigenvalue weighted by Crippen LogP contribution is 2.23. The molecule has 0 aliphatic carbocycles. The van der Waals surface area contributed by atoms with Gasteiger partial charge in [-0.05, 0) is 42.8 Å². The Labute approximate surface area is 190 Å². The Balaban J connectivity index is 1.41. The van der Waals surface area contributed by atoms with Gasteiger partial charge in [-0.25, -0.2) is 4.98 Å². The molecule has 1 amide bonds. The van der Waals surface area contributed by atoms with Crippen molar-refractivity contribution in [2.75, 3.05) is 19.8 Å². The minimum Gasteiger partial charge on any atom is -0.381 e. The van der Waals surface area contributed by atoms with E-state index in [9.17, 15) is 9.59 Å². The van der Waals surface area contributed by atoms with Gasteiger partial charge in [-0.3, -0.25) is 18.8 Å². The summed E-state index contributed by atoms with van der Waals surface area (Å²) in [6.45, 7) is 3.92. The lowest BCUT2D eigenvalue weighted by Gasteiger charge is -2.26. The van der Waals surface area contributed by atoms with Crippen LogP contribution in [-0.2, 0) is 11.8 Å². The summed E-state index contributed by atoms with van der Waals surface area (Å²) in [5.74, 6) is 0.263. The van der Waals surface area contributed by atoms with Crippen LogP contribution in [-0.4, -0.2) is 45.0 Å². The van der Waals surface area contributed by atoms with Crippen molar-refractivity contribution < 1.29 is 9.53 Å². The number of carbonyl (C=O) groups is 1. The Kier molecular flexibility index (Phi) is 5.51. The summed E-state index contributed by atoms with van der Waals surface area (Å²) in [4.78, 5) is 30.4. The van der Waals surface area contributed by atoms with Crippen molar-refractivity contribution in [2.45, 2.75) is 13.0 Å². The van der Waals surface area contributed by atoms with Gasteiger partial charge in [-0.2, -0.15) is 5.10 Å². The number of rotatable bonds is 6. The van der Waals surface area contributed by atoms with E-state index < -0.39 is 0 Å². The molecule has 4 aromatic rings. The summed E-state index contributed by atoms with van der Waals surface area (Å²) in [7, 11) is 1.88. The number of hydrogen-bond donors (Lipinski definition) is 1. The second-order valence-electron chi connectivity index (χ2n) is 8.44. The number of benzene rings is 2. The number of ether oxygens (including phenoxy) is 1. The second-order valence-corrected chi connectivity index (χ2v) is 8.44. The van der Waals surface area contributed by atoms with Crippen molar-refractivity contribution in [1.82, 2.24) is 24.6 Å². The van der Waals surface area contributed by atoms with Crippen LogP contribution >= 0.6 is 0 Å². The molecule has 0 radical (unpaired) electrons. The Morgan fingerprint density at radius 2 is 2.06 bits per heavy atom. The van der Waals surface area contributed by atoms with E-state index in [0.29, 0.717) is 42.1 Å². The van der Waals surface area contributed by atoms with Gasteiger partial charge in [0.25, 0.3) is 11.5 Å². The highest BCUT2D eigenvalue weighted by atomic mass is 16.5. The molecule has 1 aliphatic heterocycles. The molecule has 0 saturated carbocycles. The molecule has 0 bridgehead atoms. The largest absolute Gasteiger partial charge is 0.381 e. The first-order valence-electron chi connectivity index (χ1n) is 11.0. The molecule has 0 unspecified atom stereocenters. The first-order chi connectivity index (χ1) is 16.0. The number of fused-ring (bicyclic) bond motifs is 1. The third-order valence-corrected chi connectivity index (χ3v) is 6.21. The van der Waals surface area contributed by atoms with Crippen LogP contribution in [0.2, 0.25) is 0 Å². The maximum atomic E-state index is 13.3. The lowest BCUT2D eigenvalue weighted by atomic mass is 10.0. The monoisotopic (exact) mass is 443 g/mol. The summed E-state index contributed by atoms with van der Waals surface area (Å²) in [5, 5.41) is 7.71. The molecule has 2 aromatic carbocycles. The molecular formula is C25H25N5O3. The quantitative estimate of drug-likeness (QED) is 0.495. The Morgan fingerprint density at radius 1 is 1.21 bits per heavy atom. The predicted molar refractivity (Wildman–Crippen MR) is 125 cm³/mol. The smallest absolute Gasteiger partial charge is 0.261 e. The van der Waals surface area contributed by atoms with Gasteiger partial charge in [0.15, 0.2) is 0 Å². The van der Waals surface area contributed by atoms with Gasteiger partial charge in [0.05, 0.1) is 42.2 Å². The van der Waals surface area contributed by atoms with Crippen molar-refractivity contribution in [1.29, 1.82) is 0 Å². The fraction of sp³-hybridized carbons (Fsp3) is 0.280. The Morgan fingerprint density at radius 3 is 2.79 bits per heavy atom. The Hall–Kier alpha value is -3.78. The van der Waals surface area contributed by atoms with Crippen LogP contribution in [0, 0.1) is 5.92 Å². The molecule has 168 valence electrons. The van der Waals surface area contributed by atoms with Gasteiger partial charge in [0.2, 0.25) is 0 Å². The third-order valence-electron chi connectivity index (χ3n) is 6.21. The van der Waals surface area contributed by atoms with Crippen molar-refractivity contribution in [3.05, 3.63) is 82.5 Å². The van der Waals surface area contributed by atoms with Crippen LogP contribution in [0.15, 0.2) is 65.8 Å². The number of hydrogen-bond acceptors (Lipinski definition) is 5. The highest BCUT2D eigenvalue weighted by molar-refractivity contribution is 5.94. The number of aryl methyl sites for hydroxylation is 1. The normalized spacial score (nSPS) is 14.7. The molecule has 1 N–H and O–H groups in total. The minimum atomic E-state index is -0.279. The number of nitrogens with one attached hydrogen (secondary N) is 1. The van der Waals surface area contributed by atoms with E-state index in [4.69, 9.17) is 4.74 Å². The summed E-state index contributed by atoms with van der Waals surface area (Å²) in [6.07, 6.45) is 3.31. The van der Waals surface area contributed by atoms with Crippen molar-refractivity contribution >= 4 is 16.8 Å². The van der Waals surface area contributed by atoms with Crippen LogP contribution < -0.4 is 10.9 Å².